The van der Waals surface area contributed by atoms with Gasteiger partial charge in [-0.05, 0) is 5.56 Å². The van der Waals surface area contributed by atoms with Crippen LogP contribution in [0, 0.1) is 0 Å². The van der Waals surface area contributed by atoms with Crippen LogP contribution < -0.4 is 0 Å². The van der Waals surface area contributed by atoms with E-state index < -0.39 is 11.4 Å². The van der Waals surface area contributed by atoms with Crippen molar-refractivity contribution in [1.29, 1.82) is 0 Å². The number of Topliss-reactive ketones (excluding diaryl/α,β-unsaturated/α-hetero) is 1. The van der Waals surface area contributed by atoms with Crippen LogP contribution in [0.3, 0.4) is 0 Å². The van der Waals surface area contributed by atoms with Gasteiger partial charge < -0.3 is 5.11 Å². The summed E-state index contributed by atoms with van der Waals surface area (Å²) in [6.45, 7) is 0. The Labute approximate surface area is 75.0 Å². The van der Waals surface area contributed by atoms with Crippen molar-refractivity contribution in [3.63, 3.8) is 0 Å². The van der Waals surface area contributed by atoms with Crippen LogP contribution in [0.5, 0.6) is 0 Å². The number of hydrogen-bond donors (Lipinski definition) is 1. The lowest BCUT2D eigenvalue weighted by atomic mass is 9.96. The van der Waals surface area contributed by atoms with E-state index in [0.717, 1.165) is 0 Å². The smallest absolute Gasteiger partial charge is 0.322 e. The normalized spacial score (nSPS) is 25.7. The molecule has 0 bridgehead atoms. The minimum absolute atomic E-state index is 0.131. The van der Waals surface area contributed by atoms with Gasteiger partial charge in [0.2, 0.25) is 0 Å². The molecular formula is C10H8O3. The Morgan fingerprint density at radius 2 is 1.85 bits per heavy atom. The minimum atomic E-state index is -1.22. The van der Waals surface area contributed by atoms with Crippen molar-refractivity contribution in [2.24, 2.45) is 0 Å². The average Bonchev–Trinajstić information content (AvgIpc) is 2.80. The number of aliphatic carboxylic acids is 1. The maximum absolute atomic E-state index is 11.1. The Kier molecular flexibility index (Phi) is 1.49. The molecule has 0 radical (unpaired) electrons. The molecule has 1 aromatic carbocycles. The highest BCUT2D eigenvalue weighted by molar-refractivity contribution is 6.22. The molecule has 0 aromatic heterocycles. The number of hydrogen-bond acceptors (Lipinski definition) is 2. The molecule has 0 spiro atoms. The summed E-state index contributed by atoms with van der Waals surface area (Å²) in [5.74, 6) is -1.24. The average molecular weight is 176 g/mol. The Bertz CT molecular complexity index is 369. The third kappa shape index (κ3) is 0.967. The predicted molar refractivity (Wildman–Crippen MR) is 45.4 cm³/mol. The molecule has 1 unspecified atom stereocenters. The molecule has 2 rings (SSSR count). The summed E-state index contributed by atoms with van der Waals surface area (Å²) in [5, 5.41) is 8.91. The summed E-state index contributed by atoms with van der Waals surface area (Å²) in [6.07, 6.45) is 0.131. The van der Waals surface area contributed by atoms with E-state index in [4.69, 9.17) is 5.11 Å². The van der Waals surface area contributed by atoms with Crippen LogP contribution in [0.1, 0.15) is 12.0 Å². The maximum Gasteiger partial charge on any atom is 0.322 e. The Morgan fingerprint density at radius 3 is 2.23 bits per heavy atom. The number of ketones is 1. The molecular weight excluding hydrogens is 168 g/mol. The van der Waals surface area contributed by atoms with E-state index in [1.807, 2.05) is 0 Å². The second-order valence-corrected chi connectivity index (χ2v) is 3.18. The van der Waals surface area contributed by atoms with Crippen molar-refractivity contribution in [2.75, 3.05) is 0 Å². The molecule has 1 saturated carbocycles. The van der Waals surface area contributed by atoms with Gasteiger partial charge in [-0.1, -0.05) is 30.3 Å². The zero-order valence-corrected chi connectivity index (χ0v) is 6.86. The van der Waals surface area contributed by atoms with Gasteiger partial charge in [0.1, 0.15) is 0 Å². The fourth-order valence-electron chi connectivity index (χ4n) is 1.50. The molecule has 0 heterocycles. The van der Waals surface area contributed by atoms with Crippen molar-refractivity contribution in [3.05, 3.63) is 35.9 Å². The number of carboxylic acids is 1. The molecule has 3 nitrogen and oxygen atoms in total. The highest BCUT2D eigenvalue weighted by atomic mass is 16.4. The molecule has 1 aliphatic rings. The first-order chi connectivity index (χ1) is 6.18. The first-order valence-electron chi connectivity index (χ1n) is 4.00. The van der Waals surface area contributed by atoms with E-state index in [1.165, 1.54) is 0 Å². The third-order valence-corrected chi connectivity index (χ3v) is 2.41. The maximum atomic E-state index is 11.1. The third-order valence-electron chi connectivity index (χ3n) is 2.41. The molecule has 0 amide bonds. The molecule has 1 aromatic rings. The van der Waals surface area contributed by atoms with Crippen molar-refractivity contribution in [3.8, 4) is 0 Å². The van der Waals surface area contributed by atoms with Crippen molar-refractivity contribution in [1.82, 2.24) is 0 Å². The lowest BCUT2D eigenvalue weighted by Crippen LogP contribution is -2.22. The molecule has 1 N–H and O–H groups in total. The molecule has 0 aliphatic heterocycles. The Balaban J connectivity index is 2.46. The number of rotatable bonds is 2. The fraction of sp³-hybridized carbons (Fsp3) is 0.200. The number of carboxylic acid groups (broad SMARTS) is 1. The largest absolute Gasteiger partial charge is 0.480 e. The molecule has 1 fully saturated rings. The fourth-order valence-corrected chi connectivity index (χ4v) is 1.50. The van der Waals surface area contributed by atoms with Crippen molar-refractivity contribution >= 4 is 11.8 Å². The number of benzene rings is 1. The van der Waals surface area contributed by atoms with E-state index in [9.17, 15) is 9.59 Å². The zero-order valence-electron chi connectivity index (χ0n) is 6.86. The van der Waals surface area contributed by atoms with Gasteiger partial charge in [0.15, 0.2) is 11.2 Å². The number of carbonyl (C=O) groups excluding carboxylic acids is 1. The molecule has 1 aliphatic carbocycles. The van der Waals surface area contributed by atoms with Gasteiger partial charge in [0.25, 0.3) is 0 Å². The molecule has 66 valence electrons. The van der Waals surface area contributed by atoms with E-state index in [0.29, 0.717) is 5.56 Å². The van der Waals surface area contributed by atoms with Gasteiger partial charge in [0, 0.05) is 6.42 Å². The van der Waals surface area contributed by atoms with Crippen LogP contribution in [0.15, 0.2) is 30.3 Å². The summed E-state index contributed by atoms with van der Waals surface area (Å²) >= 11 is 0. The summed E-state index contributed by atoms with van der Waals surface area (Å²) in [6, 6.07) is 8.64. The lowest BCUT2D eigenvalue weighted by molar-refractivity contribution is -0.141. The second kappa shape index (κ2) is 2.42. The predicted octanol–water partition coefficient (Wildman–Crippen LogP) is 0.982. The molecule has 3 heteroatoms. The Morgan fingerprint density at radius 1 is 1.31 bits per heavy atom. The summed E-state index contributed by atoms with van der Waals surface area (Å²) in [4.78, 5) is 21.9. The van der Waals surface area contributed by atoms with Crippen LogP contribution in [0.2, 0.25) is 0 Å². The van der Waals surface area contributed by atoms with Gasteiger partial charge >= 0.3 is 5.97 Å². The molecule has 1 atom stereocenters. The van der Waals surface area contributed by atoms with Gasteiger partial charge in [-0.15, -0.1) is 0 Å². The van der Waals surface area contributed by atoms with Crippen LogP contribution in [0.25, 0.3) is 0 Å². The van der Waals surface area contributed by atoms with Gasteiger partial charge in [-0.25, -0.2) is 0 Å². The van der Waals surface area contributed by atoms with Crippen LogP contribution in [-0.2, 0) is 15.0 Å². The van der Waals surface area contributed by atoms with Crippen LogP contribution in [-0.4, -0.2) is 16.9 Å². The van der Waals surface area contributed by atoms with E-state index in [2.05, 4.69) is 0 Å². The summed E-state index contributed by atoms with van der Waals surface area (Å²) < 4.78 is 0. The zero-order chi connectivity index (χ0) is 9.47. The summed E-state index contributed by atoms with van der Waals surface area (Å²) in [5.41, 5.74) is -0.631. The second-order valence-electron chi connectivity index (χ2n) is 3.18. The molecule has 13 heavy (non-hydrogen) atoms. The van der Waals surface area contributed by atoms with E-state index in [1.54, 1.807) is 30.3 Å². The van der Waals surface area contributed by atoms with Gasteiger partial charge in [0.05, 0.1) is 0 Å². The van der Waals surface area contributed by atoms with Gasteiger partial charge in [-0.2, -0.15) is 0 Å². The minimum Gasteiger partial charge on any atom is -0.480 e. The summed E-state index contributed by atoms with van der Waals surface area (Å²) in [7, 11) is 0. The first kappa shape index (κ1) is 7.98. The topological polar surface area (TPSA) is 54.4 Å². The monoisotopic (exact) mass is 176 g/mol. The number of carbonyl (C=O) groups is 2. The molecule has 0 saturated heterocycles. The Hall–Kier alpha value is -1.64. The van der Waals surface area contributed by atoms with E-state index in [-0.39, 0.29) is 12.2 Å². The lowest BCUT2D eigenvalue weighted by Gasteiger charge is -2.06. The highest BCUT2D eigenvalue weighted by Gasteiger charge is 2.61. The van der Waals surface area contributed by atoms with Crippen molar-refractivity contribution in [2.45, 2.75) is 11.8 Å². The standard InChI is InChI=1S/C10H8O3/c11-8-6-10(8,9(12)13)7-4-2-1-3-5-7/h1-5H,6H2,(H,12,13). The van der Waals surface area contributed by atoms with Gasteiger partial charge in [-0.3, -0.25) is 9.59 Å². The van der Waals surface area contributed by atoms with Crippen LogP contribution in [0.4, 0.5) is 0 Å². The van der Waals surface area contributed by atoms with Crippen molar-refractivity contribution < 1.29 is 14.7 Å². The quantitative estimate of drug-likeness (QED) is 0.683. The van der Waals surface area contributed by atoms with E-state index >= 15 is 0 Å². The first-order valence-corrected chi connectivity index (χ1v) is 4.00. The SMILES string of the molecule is O=C(O)C1(c2ccccc2)CC1=O. The van der Waals surface area contributed by atoms with Crippen LogP contribution >= 0.6 is 0 Å². The highest BCUT2D eigenvalue weighted by Crippen LogP contribution is 2.44.